The Morgan fingerprint density at radius 1 is 1.31 bits per heavy atom. The molecule has 0 aromatic heterocycles. The SMILES string of the molecule is CNC(c1ccc(Cl)c(Cl)c1)C1CC1(C)C. The summed E-state index contributed by atoms with van der Waals surface area (Å²) in [5.41, 5.74) is 1.67. The van der Waals surface area contributed by atoms with E-state index in [1.165, 1.54) is 12.0 Å². The number of hydrogen-bond donors (Lipinski definition) is 1. The minimum absolute atomic E-state index is 0.379. The van der Waals surface area contributed by atoms with E-state index < -0.39 is 0 Å². The first kappa shape index (κ1) is 12.2. The predicted molar refractivity (Wildman–Crippen MR) is 70.2 cm³/mol. The Bertz CT molecular complexity index is 401. The molecule has 0 bridgehead atoms. The van der Waals surface area contributed by atoms with Crippen LogP contribution in [0.2, 0.25) is 10.0 Å². The summed E-state index contributed by atoms with van der Waals surface area (Å²) in [6, 6.07) is 6.28. The third-order valence-corrected chi connectivity index (χ3v) is 4.34. The second-order valence-electron chi connectivity index (χ2n) is 5.24. The van der Waals surface area contributed by atoms with Gasteiger partial charge < -0.3 is 5.32 Å². The van der Waals surface area contributed by atoms with E-state index in [1.807, 2.05) is 19.2 Å². The van der Waals surface area contributed by atoms with Crippen molar-refractivity contribution in [2.24, 2.45) is 11.3 Å². The van der Waals surface area contributed by atoms with Crippen molar-refractivity contribution in [1.82, 2.24) is 5.32 Å². The lowest BCUT2D eigenvalue weighted by molar-refractivity contribution is 0.441. The molecule has 1 nitrogen and oxygen atoms in total. The van der Waals surface area contributed by atoms with Crippen LogP contribution in [0.1, 0.15) is 31.9 Å². The first-order valence-electron chi connectivity index (χ1n) is 5.58. The Hall–Kier alpha value is -0.240. The van der Waals surface area contributed by atoms with Gasteiger partial charge in [0.05, 0.1) is 10.0 Å². The van der Waals surface area contributed by atoms with Crippen LogP contribution in [0, 0.1) is 11.3 Å². The molecule has 1 aliphatic rings. The summed E-state index contributed by atoms with van der Waals surface area (Å²) < 4.78 is 0. The van der Waals surface area contributed by atoms with Crippen molar-refractivity contribution in [2.45, 2.75) is 26.3 Å². The highest BCUT2D eigenvalue weighted by Gasteiger charge is 2.50. The number of hydrogen-bond acceptors (Lipinski definition) is 1. The smallest absolute Gasteiger partial charge is 0.0595 e. The molecule has 0 spiro atoms. The van der Waals surface area contributed by atoms with Crippen molar-refractivity contribution in [3.8, 4) is 0 Å². The highest BCUT2D eigenvalue weighted by atomic mass is 35.5. The molecular weight excluding hydrogens is 241 g/mol. The van der Waals surface area contributed by atoms with Gasteiger partial charge in [-0.25, -0.2) is 0 Å². The monoisotopic (exact) mass is 257 g/mol. The molecule has 0 aliphatic heterocycles. The molecule has 1 fully saturated rings. The summed E-state index contributed by atoms with van der Waals surface area (Å²) >= 11 is 12.0. The van der Waals surface area contributed by atoms with Gasteiger partial charge in [0.2, 0.25) is 0 Å². The van der Waals surface area contributed by atoms with Crippen LogP contribution in [0.4, 0.5) is 0 Å². The summed E-state index contributed by atoms with van der Waals surface area (Å²) in [6.45, 7) is 4.61. The van der Waals surface area contributed by atoms with Crippen LogP contribution >= 0.6 is 23.2 Å². The molecule has 0 heterocycles. The van der Waals surface area contributed by atoms with Gasteiger partial charge in [-0.3, -0.25) is 0 Å². The fourth-order valence-corrected chi connectivity index (χ4v) is 2.69. The zero-order valence-electron chi connectivity index (χ0n) is 9.85. The first-order chi connectivity index (χ1) is 7.45. The maximum absolute atomic E-state index is 6.05. The van der Waals surface area contributed by atoms with Crippen LogP contribution < -0.4 is 5.32 Å². The molecule has 0 amide bonds. The Kier molecular flexibility index (Phi) is 3.22. The predicted octanol–water partition coefficient (Wildman–Crippen LogP) is 4.30. The lowest BCUT2D eigenvalue weighted by Gasteiger charge is -2.19. The Labute approximate surface area is 107 Å². The fraction of sp³-hybridized carbons (Fsp3) is 0.538. The van der Waals surface area contributed by atoms with Gasteiger partial charge in [-0.1, -0.05) is 43.1 Å². The zero-order valence-corrected chi connectivity index (χ0v) is 11.4. The van der Waals surface area contributed by atoms with Crippen LogP contribution in [0.25, 0.3) is 0 Å². The van der Waals surface area contributed by atoms with E-state index in [1.54, 1.807) is 0 Å². The highest BCUT2D eigenvalue weighted by molar-refractivity contribution is 6.42. The van der Waals surface area contributed by atoms with Gasteiger partial charge in [0.15, 0.2) is 0 Å². The molecule has 2 unspecified atom stereocenters. The van der Waals surface area contributed by atoms with Crippen molar-refractivity contribution in [3.63, 3.8) is 0 Å². The number of halogens is 2. The van der Waals surface area contributed by atoms with Crippen molar-refractivity contribution >= 4 is 23.2 Å². The molecule has 0 saturated heterocycles. The molecule has 1 saturated carbocycles. The van der Waals surface area contributed by atoms with Gasteiger partial charge in [0.25, 0.3) is 0 Å². The molecule has 1 aromatic carbocycles. The van der Waals surface area contributed by atoms with Crippen LogP contribution in [0.3, 0.4) is 0 Å². The number of rotatable bonds is 3. The second kappa shape index (κ2) is 4.21. The molecule has 1 N–H and O–H groups in total. The minimum Gasteiger partial charge on any atom is -0.313 e. The maximum Gasteiger partial charge on any atom is 0.0595 e. The summed E-state index contributed by atoms with van der Waals surface area (Å²) in [4.78, 5) is 0. The van der Waals surface area contributed by atoms with Gasteiger partial charge in [-0.05, 0) is 42.5 Å². The Balaban J connectivity index is 2.24. The molecule has 0 radical (unpaired) electrons. The molecular formula is C13H17Cl2N. The van der Waals surface area contributed by atoms with Crippen LogP contribution in [-0.2, 0) is 0 Å². The quantitative estimate of drug-likeness (QED) is 0.852. The fourth-order valence-electron chi connectivity index (χ4n) is 2.38. The zero-order chi connectivity index (χ0) is 11.9. The van der Waals surface area contributed by atoms with Crippen LogP contribution in [0.5, 0.6) is 0 Å². The third kappa shape index (κ3) is 2.22. The summed E-state index contributed by atoms with van der Waals surface area (Å²) in [5, 5.41) is 4.64. The van der Waals surface area contributed by atoms with E-state index in [4.69, 9.17) is 23.2 Å². The molecule has 16 heavy (non-hydrogen) atoms. The van der Waals surface area contributed by atoms with Gasteiger partial charge in [-0.15, -0.1) is 0 Å². The van der Waals surface area contributed by atoms with Crippen molar-refractivity contribution < 1.29 is 0 Å². The number of nitrogens with one attached hydrogen (secondary N) is 1. The first-order valence-corrected chi connectivity index (χ1v) is 6.33. The van der Waals surface area contributed by atoms with Gasteiger partial charge in [-0.2, -0.15) is 0 Å². The highest BCUT2D eigenvalue weighted by Crippen LogP contribution is 2.57. The topological polar surface area (TPSA) is 12.0 Å². The average molecular weight is 258 g/mol. The second-order valence-corrected chi connectivity index (χ2v) is 6.05. The van der Waals surface area contributed by atoms with Crippen molar-refractivity contribution in [2.75, 3.05) is 7.05 Å². The average Bonchev–Trinajstić information content (AvgIpc) is 2.82. The van der Waals surface area contributed by atoms with E-state index in [0.717, 1.165) is 0 Å². The maximum atomic E-state index is 6.05. The summed E-state index contributed by atoms with van der Waals surface area (Å²) in [7, 11) is 2.00. The van der Waals surface area contributed by atoms with E-state index in [0.29, 0.717) is 27.4 Å². The largest absolute Gasteiger partial charge is 0.313 e. The summed E-state index contributed by atoms with van der Waals surface area (Å²) in [5.74, 6) is 0.690. The Morgan fingerprint density at radius 2 is 1.94 bits per heavy atom. The van der Waals surface area contributed by atoms with Crippen molar-refractivity contribution in [3.05, 3.63) is 33.8 Å². The van der Waals surface area contributed by atoms with E-state index in [9.17, 15) is 0 Å². The van der Waals surface area contributed by atoms with Crippen LogP contribution in [-0.4, -0.2) is 7.05 Å². The van der Waals surface area contributed by atoms with Gasteiger partial charge in [0.1, 0.15) is 0 Å². The van der Waals surface area contributed by atoms with Gasteiger partial charge >= 0.3 is 0 Å². The van der Waals surface area contributed by atoms with Crippen molar-refractivity contribution in [1.29, 1.82) is 0 Å². The normalized spacial score (nSPS) is 24.2. The third-order valence-electron chi connectivity index (χ3n) is 3.61. The van der Waals surface area contributed by atoms with E-state index in [2.05, 4.69) is 25.2 Å². The molecule has 2 atom stereocenters. The minimum atomic E-state index is 0.379. The lowest BCUT2D eigenvalue weighted by atomic mass is 9.97. The standard InChI is InChI=1S/C13H17Cl2N/c1-13(2)7-9(13)12(16-3)8-4-5-10(14)11(15)6-8/h4-6,9,12,16H,7H2,1-3H3. The lowest BCUT2D eigenvalue weighted by Crippen LogP contribution is -2.20. The molecule has 2 rings (SSSR count). The van der Waals surface area contributed by atoms with Crippen LogP contribution in [0.15, 0.2) is 18.2 Å². The van der Waals surface area contributed by atoms with E-state index in [-0.39, 0.29) is 0 Å². The van der Waals surface area contributed by atoms with E-state index >= 15 is 0 Å². The Morgan fingerprint density at radius 3 is 2.38 bits per heavy atom. The molecule has 88 valence electrons. The number of benzene rings is 1. The molecule has 3 heteroatoms. The molecule has 1 aromatic rings. The van der Waals surface area contributed by atoms with Gasteiger partial charge in [0, 0.05) is 6.04 Å². The molecule has 1 aliphatic carbocycles. The summed E-state index contributed by atoms with van der Waals surface area (Å²) in [6.07, 6.45) is 1.26.